The molecule has 0 fully saturated rings. The van der Waals surface area contributed by atoms with Gasteiger partial charge in [-0.3, -0.25) is 4.79 Å². The molecule has 0 radical (unpaired) electrons. The lowest BCUT2D eigenvalue weighted by Gasteiger charge is -2.13. The maximum absolute atomic E-state index is 11.9. The van der Waals surface area contributed by atoms with Crippen LogP contribution in [-0.4, -0.2) is 41.0 Å². The highest BCUT2D eigenvalue weighted by molar-refractivity contribution is 5.81. The van der Waals surface area contributed by atoms with Gasteiger partial charge in [-0.2, -0.15) is 5.10 Å². The molecule has 0 spiro atoms. The van der Waals surface area contributed by atoms with Crippen molar-refractivity contribution in [2.45, 2.75) is 39.8 Å². The van der Waals surface area contributed by atoms with Crippen molar-refractivity contribution in [3.63, 3.8) is 0 Å². The van der Waals surface area contributed by atoms with E-state index >= 15 is 0 Å². The molecule has 0 aliphatic heterocycles. The number of carbonyl (C=O) groups is 2. The van der Waals surface area contributed by atoms with Gasteiger partial charge in [0, 0.05) is 24.9 Å². The fourth-order valence-corrected chi connectivity index (χ4v) is 2.23. The summed E-state index contributed by atoms with van der Waals surface area (Å²) in [5.74, 6) is -0.402. The number of para-hydroxylation sites is 1. The van der Waals surface area contributed by atoms with E-state index in [0.717, 1.165) is 17.7 Å². The van der Waals surface area contributed by atoms with Crippen molar-refractivity contribution in [2.75, 3.05) is 13.2 Å². The minimum absolute atomic E-state index is 0.309. The normalized spacial score (nSPS) is 12.0. The van der Waals surface area contributed by atoms with Crippen molar-refractivity contribution >= 4 is 11.9 Å². The standard InChI is InChI=1S/C20H27N3O4/c1-15(2)9-10-26-16(3)20(25)27-14-19(24)21-11-17-12-22-23(13-17)18-7-5-4-6-8-18/h4-8,12-13,15-16H,9-11,14H2,1-3H3,(H,21,24). The third-order valence-electron chi connectivity index (χ3n) is 3.89. The average molecular weight is 373 g/mol. The second-order valence-electron chi connectivity index (χ2n) is 6.71. The maximum atomic E-state index is 11.9. The molecule has 1 aromatic heterocycles. The summed E-state index contributed by atoms with van der Waals surface area (Å²) in [6, 6.07) is 9.69. The summed E-state index contributed by atoms with van der Waals surface area (Å²) in [4.78, 5) is 23.7. The van der Waals surface area contributed by atoms with E-state index in [2.05, 4.69) is 24.3 Å². The van der Waals surface area contributed by atoms with E-state index in [1.807, 2.05) is 36.5 Å². The summed E-state index contributed by atoms with van der Waals surface area (Å²) in [7, 11) is 0. The second kappa shape index (κ2) is 10.5. The molecule has 1 N–H and O–H groups in total. The van der Waals surface area contributed by atoms with Gasteiger partial charge < -0.3 is 14.8 Å². The fourth-order valence-electron chi connectivity index (χ4n) is 2.23. The molecule has 0 aliphatic carbocycles. The summed E-state index contributed by atoms with van der Waals surface area (Å²) in [5.41, 5.74) is 1.79. The Morgan fingerprint density at radius 1 is 1.19 bits per heavy atom. The Morgan fingerprint density at radius 3 is 2.63 bits per heavy atom. The molecule has 2 aromatic rings. The smallest absolute Gasteiger partial charge is 0.335 e. The first-order valence-electron chi connectivity index (χ1n) is 9.09. The van der Waals surface area contributed by atoms with Crippen LogP contribution < -0.4 is 5.32 Å². The van der Waals surface area contributed by atoms with Crippen LogP contribution in [-0.2, 0) is 25.6 Å². The van der Waals surface area contributed by atoms with Gasteiger partial charge in [-0.15, -0.1) is 0 Å². The van der Waals surface area contributed by atoms with E-state index in [0.29, 0.717) is 19.1 Å². The molecule has 0 saturated carbocycles. The first kappa shape index (κ1) is 20.6. The van der Waals surface area contributed by atoms with E-state index < -0.39 is 12.1 Å². The van der Waals surface area contributed by atoms with Crippen LogP contribution in [0.3, 0.4) is 0 Å². The molecule has 1 aromatic carbocycles. The first-order valence-corrected chi connectivity index (χ1v) is 9.09. The summed E-state index contributed by atoms with van der Waals surface area (Å²) >= 11 is 0. The molecule has 7 heteroatoms. The van der Waals surface area contributed by atoms with Crippen molar-refractivity contribution in [3.05, 3.63) is 48.3 Å². The van der Waals surface area contributed by atoms with Gasteiger partial charge in [-0.1, -0.05) is 32.0 Å². The quantitative estimate of drug-likeness (QED) is 0.647. The SMILES string of the molecule is CC(C)CCOC(C)C(=O)OCC(=O)NCc1cnn(-c2ccccc2)c1. The van der Waals surface area contributed by atoms with Gasteiger partial charge in [0.05, 0.1) is 11.9 Å². The zero-order valence-corrected chi connectivity index (χ0v) is 16.1. The zero-order chi connectivity index (χ0) is 19.6. The molecule has 146 valence electrons. The minimum Gasteiger partial charge on any atom is -0.454 e. The molecule has 0 saturated heterocycles. The molecular weight excluding hydrogens is 346 g/mol. The monoisotopic (exact) mass is 373 g/mol. The summed E-state index contributed by atoms with van der Waals surface area (Å²) < 4.78 is 12.1. The van der Waals surface area contributed by atoms with Gasteiger partial charge in [-0.25, -0.2) is 9.48 Å². The third kappa shape index (κ3) is 7.22. The molecular formula is C20H27N3O4. The van der Waals surface area contributed by atoms with E-state index in [1.54, 1.807) is 17.8 Å². The van der Waals surface area contributed by atoms with Crippen LogP contribution in [0, 0.1) is 5.92 Å². The number of nitrogens with one attached hydrogen (secondary N) is 1. The molecule has 1 atom stereocenters. The molecule has 0 aliphatic rings. The van der Waals surface area contributed by atoms with Crippen molar-refractivity contribution in [1.29, 1.82) is 0 Å². The highest BCUT2D eigenvalue weighted by Gasteiger charge is 2.16. The number of hydrogen-bond donors (Lipinski definition) is 1. The number of benzene rings is 1. The van der Waals surface area contributed by atoms with E-state index in [9.17, 15) is 9.59 Å². The number of aromatic nitrogens is 2. The lowest BCUT2D eigenvalue weighted by Crippen LogP contribution is -2.31. The topological polar surface area (TPSA) is 82.4 Å². The van der Waals surface area contributed by atoms with Gasteiger partial charge >= 0.3 is 5.97 Å². The van der Waals surface area contributed by atoms with E-state index in [4.69, 9.17) is 9.47 Å². The third-order valence-corrected chi connectivity index (χ3v) is 3.89. The number of esters is 1. The Labute approximate surface area is 159 Å². The predicted octanol–water partition coefficient (Wildman–Crippen LogP) is 2.48. The van der Waals surface area contributed by atoms with Gasteiger partial charge in [-0.05, 0) is 31.4 Å². The molecule has 0 bridgehead atoms. The number of nitrogens with zero attached hydrogens (tertiary/aromatic N) is 2. The molecule has 2 rings (SSSR count). The number of ether oxygens (including phenoxy) is 2. The lowest BCUT2D eigenvalue weighted by atomic mass is 10.1. The zero-order valence-electron chi connectivity index (χ0n) is 16.1. The molecule has 1 amide bonds. The summed E-state index contributed by atoms with van der Waals surface area (Å²) in [6.45, 7) is 6.26. The minimum atomic E-state index is -0.680. The van der Waals surface area contributed by atoms with Crippen LogP contribution in [0.15, 0.2) is 42.7 Å². The highest BCUT2D eigenvalue weighted by atomic mass is 16.6. The largest absolute Gasteiger partial charge is 0.454 e. The molecule has 27 heavy (non-hydrogen) atoms. The van der Waals surface area contributed by atoms with Gasteiger partial charge in [0.1, 0.15) is 0 Å². The average Bonchev–Trinajstić information content (AvgIpc) is 3.13. The number of amides is 1. The van der Waals surface area contributed by atoms with E-state index in [-0.39, 0.29) is 12.5 Å². The van der Waals surface area contributed by atoms with Gasteiger partial charge in [0.2, 0.25) is 0 Å². The van der Waals surface area contributed by atoms with Crippen LogP contribution in [0.2, 0.25) is 0 Å². The van der Waals surface area contributed by atoms with Crippen LogP contribution in [0.25, 0.3) is 5.69 Å². The first-order chi connectivity index (χ1) is 13.0. The number of hydrogen-bond acceptors (Lipinski definition) is 5. The maximum Gasteiger partial charge on any atom is 0.335 e. The van der Waals surface area contributed by atoms with Crippen LogP contribution >= 0.6 is 0 Å². The Bertz CT molecular complexity index is 728. The van der Waals surface area contributed by atoms with Crippen molar-refractivity contribution in [3.8, 4) is 5.69 Å². The summed E-state index contributed by atoms with van der Waals surface area (Å²) in [6.07, 6.45) is 3.71. The molecule has 1 unspecified atom stereocenters. The number of rotatable bonds is 10. The predicted molar refractivity (Wildman–Crippen MR) is 101 cm³/mol. The Morgan fingerprint density at radius 2 is 1.93 bits per heavy atom. The summed E-state index contributed by atoms with van der Waals surface area (Å²) in [5, 5.41) is 6.97. The number of carbonyl (C=O) groups excluding carboxylic acids is 2. The second-order valence-corrected chi connectivity index (χ2v) is 6.71. The Kier molecular flexibility index (Phi) is 8.00. The lowest BCUT2D eigenvalue weighted by molar-refractivity contribution is -0.159. The van der Waals surface area contributed by atoms with Gasteiger partial charge in [0.25, 0.3) is 5.91 Å². The van der Waals surface area contributed by atoms with E-state index in [1.165, 1.54) is 0 Å². The van der Waals surface area contributed by atoms with Crippen LogP contribution in [0.1, 0.15) is 32.8 Å². The Hall–Kier alpha value is -2.67. The van der Waals surface area contributed by atoms with Crippen molar-refractivity contribution in [1.82, 2.24) is 15.1 Å². The molecule has 1 heterocycles. The van der Waals surface area contributed by atoms with Crippen molar-refractivity contribution in [2.24, 2.45) is 5.92 Å². The van der Waals surface area contributed by atoms with Crippen molar-refractivity contribution < 1.29 is 19.1 Å². The fraction of sp³-hybridized carbons (Fsp3) is 0.450. The highest BCUT2D eigenvalue weighted by Crippen LogP contribution is 2.07. The molecule has 7 nitrogen and oxygen atoms in total. The van der Waals surface area contributed by atoms with Crippen LogP contribution in [0.4, 0.5) is 0 Å². The van der Waals surface area contributed by atoms with Gasteiger partial charge in [0.15, 0.2) is 12.7 Å². The Balaban J connectivity index is 1.69. The van der Waals surface area contributed by atoms with Crippen LogP contribution in [0.5, 0.6) is 0 Å².